The van der Waals surface area contributed by atoms with Gasteiger partial charge in [-0.15, -0.1) is 16.4 Å². The van der Waals surface area contributed by atoms with E-state index >= 15 is 0 Å². The summed E-state index contributed by atoms with van der Waals surface area (Å²) >= 11 is 1.52. The van der Waals surface area contributed by atoms with Crippen LogP contribution >= 0.6 is 11.3 Å². The second-order valence-corrected chi connectivity index (χ2v) is 8.81. The number of aromatic nitrogens is 4. The molecule has 7 nitrogen and oxygen atoms in total. The molecule has 2 unspecified atom stereocenters. The Labute approximate surface area is 167 Å². The van der Waals surface area contributed by atoms with Crippen LogP contribution in [0.2, 0.25) is 0 Å². The maximum atomic E-state index is 13.0. The van der Waals surface area contributed by atoms with E-state index in [4.69, 9.17) is 4.74 Å². The quantitative estimate of drug-likeness (QED) is 0.665. The number of tetrazole rings is 1. The van der Waals surface area contributed by atoms with Gasteiger partial charge in [0.15, 0.2) is 0 Å². The number of fused-ring (bicyclic) bond motifs is 1. The summed E-state index contributed by atoms with van der Waals surface area (Å²) < 4.78 is 6.65. The van der Waals surface area contributed by atoms with Gasteiger partial charge < -0.3 is 4.74 Å². The Morgan fingerprint density at radius 2 is 2.25 bits per heavy atom. The number of nitrogens with one attached hydrogen (secondary N) is 2. The van der Waals surface area contributed by atoms with Crippen molar-refractivity contribution in [1.82, 2.24) is 20.6 Å². The molecule has 1 fully saturated rings. The fraction of sp³-hybridized carbons (Fsp3) is 0.500. The number of benzene rings is 1. The highest BCUT2D eigenvalue weighted by atomic mass is 32.1. The Kier molecular flexibility index (Phi) is 5.30. The number of carbonyl (C=O) groups is 1. The molecule has 0 spiro atoms. The van der Waals surface area contributed by atoms with Gasteiger partial charge in [0.25, 0.3) is 11.9 Å². The summed E-state index contributed by atoms with van der Waals surface area (Å²) in [7, 11) is 1.69. The molecule has 0 bridgehead atoms. The molecular formula is C20H25N5O2S. The van der Waals surface area contributed by atoms with Gasteiger partial charge in [0.2, 0.25) is 0 Å². The van der Waals surface area contributed by atoms with Crippen molar-refractivity contribution in [3.05, 3.63) is 28.1 Å². The lowest BCUT2D eigenvalue weighted by Crippen LogP contribution is -2.18. The van der Waals surface area contributed by atoms with Crippen LogP contribution in [0.15, 0.2) is 12.1 Å². The predicted molar refractivity (Wildman–Crippen MR) is 110 cm³/mol. The van der Waals surface area contributed by atoms with Crippen LogP contribution < -0.4 is 10.1 Å². The van der Waals surface area contributed by atoms with Crippen LogP contribution in [0.1, 0.15) is 53.4 Å². The number of hydrogen-bond donors (Lipinski definition) is 2. The number of aryl methyl sites for hydroxylation is 1. The number of hydrogen-bond acceptors (Lipinski definition) is 6. The Morgan fingerprint density at radius 1 is 1.39 bits per heavy atom. The molecule has 8 heteroatoms. The topological polar surface area (TPSA) is 92.8 Å². The standard InChI is InChI=1S/C20H25N5O2S/c1-11-5-4-6-13(7-11)9-15-14-10-16(27-3)12(2)8-17(14)28-18(15)19(26)21-20-22-24-25-23-20/h8,10-11,13H,4-7,9H2,1-3H3,(H2,21,22,23,24,25,26). The number of thiophene rings is 1. The number of methoxy groups -OCH3 is 1. The Balaban J connectivity index is 1.74. The first-order valence-electron chi connectivity index (χ1n) is 9.70. The van der Waals surface area contributed by atoms with Gasteiger partial charge in [0.1, 0.15) is 5.75 Å². The average molecular weight is 400 g/mol. The van der Waals surface area contributed by atoms with Crippen molar-refractivity contribution in [3.8, 4) is 5.75 Å². The van der Waals surface area contributed by atoms with Crippen molar-refractivity contribution in [2.75, 3.05) is 12.4 Å². The summed E-state index contributed by atoms with van der Waals surface area (Å²) in [6.45, 7) is 4.35. The van der Waals surface area contributed by atoms with E-state index in [1.54, 1.807) is 7.11 Å². The fourth-order valence-electron chi connectivity index (χ4n) is 4.29. The maximum absolute atomic E-state index is 13.0. The predicted octanol–water partition coefficient (Wildman–Crippen LogP) is 4.35. The van der Waals surface area contributed by atoms with E-state index in [0.29, 0.717) is 5.92 Å². The lowest BCUT2D eigenvalue weighted by Gasteiger charge is -2.27. The summed E-state index contributed by atoms with van der Waals surface area (Å²) in [6.07, 6.45) is 5.91. The van der Waals surface area contributed by atoms with E-state index in [1.165, 1.54) is 37.0 Å². The van der Waals surface area contributed by atoms with Crippen molar-refractivity contribution >= 4 is 33.3 Å². The molecule has 1 aliphatic carbocycles. The highest BCUT2D eigenvalue weighted by Gasteiger charge is 2.26. The van der Waals surface area contributed by atoms with E-state index < -0.39 is 0 Å². The van der Waals surface area contributed by atoms with Gasteiger partial charge in [0.05, 0.1) is 12.0 Å². The van der Waals surface area contributed by atoms with Crippen molar-refractivity contribution in [1.29, 1.82) is 0 Å². The zero-order valence-electron chi connectivity index (χ0n) is 16.4. The molecule has 2 N–H and O–H groups in total. The van der Waals surface area contributed by atoms with Crippen LogP contribution in [0, 0.1) is 18.8 Å². The van der Waals surface area contributed by atoms with Crippen LogP contribution in [-0.4, -0.2) is 33.6 Å². The van der Waals surface area contributed by atoms with Gasteiger partial charge in [-0.25, -0.2) is 0 Å². The van der Waals surface area contributed by atoms with Crippen LogP contribution in [0.25, 0.3) is 10.1 Å². The number of H-pyrrole nitrogens is 1. The van der Waals surface area contributed by atoms with Crippen molar-refractivity contribution in [2.24, 2.45) is 11.8 Å². The van der Waals surface area contributed by atoms with E-state index in [-0.39, 0.29) is 11.9 Å². The lowest BCUT2D eigenvalue weighted by molar-refractivity contribution is 0.102. The molecule has 0 aliphatic heterocycles. The SMILES string of the molecule is COc1cc2c(CC3CCCC(C)C3)c(C(=O)Nc3nn[nH]n3)sc2cc1C. The van der Waals surface area contributed by atoms with Gasteiger partial charge in [0, 0.05) is 10.1 Å². The molecule has 3 aromatic rings. The third kappa shape index (κ3) is 3.73. The van der Waals surface area contributed by atoms with Gasteiger partial charge in [-0.2, -0.15) is 5.21 Å². The number of anilines is 1. The van der Waals surface area contributed by atoms with Crippen LogP contribution in [-0.2, 0) is 6.42 Å². The second kappa shape index (κ2) is 7.87. The van der Waals surface area contributed by atoms with E-state index in [1.807, 2.05) is 6.92 Å². The minimum absolute atomic E-state index is 0.182. The molecule has 1 amide bonds. The Bertz CT molecular complexity index is 982. The first-order valence-corrected chi connectivity index (χ1v) is 10.5. The summed E-state index contributed by atoms with van der Waals surface area (Å²) in [5, 5.41) is 17.4. The van der Waals surface area contributed by atoms with Crippen molar-refractivity contribution in [2.45, 2.75) is 46.0 Å². The summed E-state index contributed by atoms with van der Waals surface area (Å²) in [6, 6.07) is 4.19. The van der Waals surface area contributed by atoms with E-state index in [0.717, 1.165) is 44.2 Å². The highest BCUT2D eigenvalue weighted by Crippen LogP contribution is 2.40. The number of nitrogens with zero attached hydrogens (tertiary/aromatic N) is 3. The van der Waals surface area contributed by atoms with Gasteiger partial charge in [-0.3, -0.25) is 10.1 Å². The van der Waals surface area contributed by atoms with Crippen LogP contribution in [0.3, 0.4) is 0 Å². The van der Waals surface area contributed by atoms with Crippen LogP contribution in [0.5, 0.6) is 5.75 Å². The fourth-order valence-corrected chi connectivity index (χ4v) is 5.50. The van der Waals surface area contributed by atoms with E-state index in [9.17, 15) is 4.79 Å². The zero-order chi connectivity index (χ0) is 19.7. The zero-order valence-corrected chi connectivity index (χ0v) is 17.2. The molecule has 1 saturated carbocycles. The summed E-state index contributed by atoms with van der Waals surface area (Å²) in [5.41, 5.74) is 2.18. The Morgan fingerprint density at radius 3 is 2.96 bits per heavy atom. The molecule has 1 aromatic carbocycles. The highest BCUT2D eigenvalue weighted by molar-refractivity contribution is 7.21. The van der Waals surface area contributed by atoms with Gasteiger partial charge in [-0.05, 0) is 60.1 Å². The average Bonchev–Trinajstić information content (AvgIpc) is 3.29. The molecule has 4 rings (SSSR count). The number of carbonyl (C=O) groups excluding carboxylic acids is 1. The number of amides is 1. The molecule has 28 heavy (non-hydrogen) atoms. The second-order valence-electron chi connectivity index (χ2n) is 7.76. The first-order chi connectivity index (χ1) is 13.5. The molecule has 0 radical (unpaired) electrons. The summed E-state index contributed by atoms with van der Waals surface area (Å²) in [4.78, 5) is 13.7. The lowest BCUT2D eigenvalue weighted by atomic mass is 9.79. The minimum Gasteiger partial charge on any atom is -0.496 e. The molecule has 148 valence electrons. The van der Waals surface area contributed by atoms with Gasteiger partial charge in [-0.1, -0.05) is 31.3 Å². The molecule has 0 saturated heterocycles. The third-order valence-corrected chi connectivity index (χ3v) is 6.82. The third-order valence-electron chi connectivity index (χ3n) is 5.62. The minimum atomic E-state index is -0.182. The smallest absolute Gasteiger partial charge is 0.270 e. The largest absolute Gasteiger partial charge is 0.496 e. The first kappa shape index (κ1) is 18.9. The summed E-state index contributed by atoms with van der Waals surface area (Å²) in [5.74, 6) is 2.21. The van der Waals surface area contributed by atoms with Crippen molar-refractivity contribution < 1.29 is 9.53 Å². The number of rotatable bonds is 5. The molecule has 2 atom stereocenters. The molecular weight excluding hydrogens is 374 g/mol. The van der Waals surface area contributed by atoms with Crippen molar-refractivity contribution in [3.63, 3.8) is 0 Å². The van der Waals surface area contributed by atoms with Gasteiger partial charge >= 0.3 is 0 Å². The van der Waals surface area contributed by atoms with E-state index in [2.05, 4.69) is 45.0 Å². The number of ether oxygens (including phenoxy) is 1. The Hall–Kier alpha value is -2.48. The maximum Gasteiger partial charge on any atom is 0.270 e. The molecule has 2 heterocycles. The number of aromatic amines is 1. The van der Waals surface area contributed by atoms with Crippen LogP contribution in [0.4, 0.5) is 5.95 Å². The molecule has 1 aliphatic rings. The molecule has 2 aromatic heterocycles. The normalized spacial score (nSPS) is 19.7. The monoisotopic (exact) mass is 399 g/mol.